The highest BCUT2D eigenvalue weighted by Gasteiger charge is 2.32. The molecule has 0 aromatic heterocycles. The first-order chi connectivity index (χ1) is 13.9. The molecule has 0 heterocycles. The Labute approximate surface area is 170 Å². The second-order valence-electron chi connectivity index (χ2n) is 6.32. The van der Waals surface area contributed by atoms with Crippen LogP contribution in [0.5, 0.6) is 11.5 Å². The predicted octanol–water partition coefficient (Wildman–Crippen LogP) is 4.05. The maximum absolute atomic E-state index is 13.4. The van der Waals surface area contributed by atoms with Crippen LogP contribution in [-0.4, -0.2) is 28.5 Å². The van der Waals surface area contributed by atoms with Gasteiger partial charge < -0.3 is 9.47 Å². The lowest BCUT2D eigenvalue weighted by molar-refractivity contribution is 0.100. The molecule has 7 heteroatoms. The van der Waals surface area contributed by atoms with Crippen LogP contribution in [0.3, 0.4) is 0 Å². The van der Waals surface area contributed by atoms with Gasteiger partial charge in [-0.2, -0.15) is 4.31 Å². The zero-order valence-corrected chi connectivity index (χ0v) is 17.1. The second kappa shape index (κ2) is 8.36. The lowest BCUT2D eigenvalue weighted by atomic mass is 10.2. The first-order valence-corrected chi connectivity index (χ1v) is 10.3. The van der Waals surface area contributed by atoms with Crippen LogP contribution in [0.25, 0.3) is 0 Å². The normalized spacial score (nSPS) is 11.0. The average Bonchev–Trinajstić information content (AvgIpc) is 2.74. The summed E-state index contributed by atoms with van der Waals surface area (Å²) < 4.78 is 37.9. The molecular weight excluding hydrogens is 390 g/mol. The zero-order chi connectivity index (χ0) is 21.0. The van der Waals surface area contributed by atoms with Crippen molar-refractivity contribution in [3.63, 3.8) is 0 Å². The molecule has 0 aliphatic heterocycles. The lowest BCUT2D eigenvalue weighted by Crippen LogP contribution is -2.37. The third-order valence-corrected chi connectivity index (χ3v) is 6.09. The highest BCUT2D eigenvalue weighted by atomic mass is 32.2. The van der Waals surface area contributed by atoms with Crippen molar-refractivity contribution < 1.29 is 22.7 Å². The van der Waals surface area contributed by atoms with Gasteiger partial charge in [-0.1, -0.05) is 23.8 Å². The maximum Gasteiger partial charge on any atom is 0.272 e. The number of carbonyl (C=O) groups is 1. The summed E-state index contributed by atoms with van der Waals surface area (Å²) in [5.41, 5.74) is 1.31. The van der Waals surface area contributed by atoms with Gasteiger partial charge in [0.05, 0.1) is 24.8 Å². The van der Waals surface area contributed by atoms with Gasteiger partial charge in [-0.05, 0) is 61.5 Å². The van der Waals surface area contributed by atoms with E-state index in [9.17, 15) is 13.2 Å². The van der Waals surface area contributed by atoms with E-state index in [4.69, 9.17) is 9.47 Å². The number of sulfonamides is 1. The number of benzene rings is 3. The maximum atomic E-state index is 13.4. The van der Waals surface area contributed by atoms with E-state index < -0.39 is 15.9 Å². The molecule has 0 radical (unpaired) electrons. The van der Waals surface area contributed by atoms with Crippen LogP contribution in [0.1, 0.15) is 15.9 Å². The fraction of sp³-hybridized carbons (Fsp3) is 0.136. The number of hydrogen-bond donors (Lipinski definition) is 0. The standard InChI is InChI=1S/C22H21NO5S/c1-16-7-13-21(14-8-16)29(25,26)23(18-9-11-19(27-2)12-10-18)22(24)17-5-4-6-20(15-17)28-3/h4-15H,1-3H3. The summed E-state index contributed by atoms with van der Waals surface area (Å²) in [5, 5.41) is 0. The van der Waals surface area contributed by atoms with Crippen LogP contribution >= 0.6 is 0 Å². The van der Waals surface area contributed by atoms with E-state index in [0.29, 0.717) is 11.5 Å². The van der Waals surface area contributed by atoms with Crippen LogP contribution in [0, 0.1) is 6.92 Å². The molecule has 3 aromatic carbocycles. The number of ether oxygens (including phenoxy) is 2. The van der Waals surface area contributed by atoms with Crippen molar-refractivity contribution in [1.82, 2.24) is 0 Å². The summed E-state index contributed by atoms with van der Waals surface area (Å²) in [4.78, 5) is 13.3. The number of anilines is 1. The number of rotatable bonds is 6. The van der Waals surface area contributed by atoms with Crippen LogP contribution in [0.2, 0.25) is 0 Å². The van der Waals surface area contributed by atoms with Gasteiger partial charge >= 0.3 is 0 Å². The lowest BCUT2D eigenvalue weighted by Gasteiger charge is -2.23. The van der Waals surface area contributed by atoms with E-state index in [2.05, 4.69) is 0 Å². The topological polar surface area (TPSA) is 72.9 Å². The summed E-state index contributed by atoms with van der Waals surface area (Å²) in [5.74, 6) is 0.322. The Morgan fingerprint density at radius 3 is 2.03 bits per heavy atom. The van der Waals surface area contributed by atoms with E-state index in [1.165, 1.54) is 44.6 Å². The molecule has 0 fully saturated rings. The fourth-order valence-corrected chi connectivity index (χ4v) is 4.19. The quantitative estimate of drug-likeness (QED) is 0.612. The van der Waals surface area contributed by atoms with E-state index in [1.54, 1.807) is 42.5 Å². The molecule has 0 unspecified atom stereocenters. The monoisotopic (exact) mass is 411 g/mol. The highest BCUT2D eigenvalue weighted by molar-refractivity contribution is 7.93. The summed E-state index contributed by atoms with van der Waals surface area (Å²) in [7, 11) is -1.16. The number of hydrogen-bond acceptors (Lipinski definition) is 5. The molecule has 29 heavy (non-hydrogen) atoms. The first kappa shape index (κ1) is 20.4. The molecule has 150 valence electrons. The number of nitrogens with zero attached hydrogens (tertiary/aromatic N) is 1. The smallest absolute Gasteiger partial charge is 0.272 e. The molecule has 0 aliphatic rings. The molecule has 0 bridgehead atoms. The highest BCUT2D eigenvalue weighted by Crippen LogP contribution is 2.28. The molecule has 0 saturated carbocycles. The molecule has 0 N–H and O–H groups in total. The van der Waals surface area contributed by atoms with Gasteiger partial charge in [0.25, 0.3) is 15.9 Å². The van der Waals surface area contributed by atoms with Crippen LogP contribution < -0.4 is 13.8 Å². The Bertz CT molecular complexity index is 1110. The number of aryl methyl sites for hydroxylation is 1. The summed E-state index contributed by atoms with van der Waals surface area (Å²) in [6.45, 7) is 1.86. The molecule has 0 spiro atoms. The molecular formula is C22H21NO5S. The van der Waals surface area contributed by atoms with Gasteiger partial charge in [-0.25, -0.2) is 8.42 Å². The van der Waals surface area contributed by atoms with Crippen molar-refractivity contribution in [2.24, 2.45) is 0 Å². The summed E-state index contributed by atoms with van der Waals surface area (Å²) >= 11 is 0. The molecule has 0 aliphatic carbocycles. The van der Waals surface area contributed by atoms with Gasteiger partial charge in [0, 0.05) is 5.56 Å². The predicted molar refractivity (Wildman–Crippen MR) is 111 cm³/mol. The number of amides is 1. The van der Waals surface area contributed by atoms with Crippen LogP contribution in [0.4, 0.5) is 5.69 Å². The van der Waals surface area contributed by atoms with E-state index in [1.807, 2.05) is 6.92 Å². The van der Waals surface area contributed by atoms with Gasteiger partial charge in [-0.3, -0.25) is 4.79 Å². The largest absolute Gasteiger partial charge is 0.497 e. The Morgan fingerprint density at radius 1 is 0.828 bits per heavy atom. The third-order valence-electron chi connectivity index (χ3n) is 4.37. The van der Waals surface area contributed by atoms with Crippen molar-refractivity contribution in [3.05, 3.63) is 83.9 Å². The van der Waals surface area contributed by atoms with Crippen LogP contribution in [-0.2, 0) is 10.0 Å². The minimum Gasteiger partial charge on any atom is -0.497 e. The molecule has 3 rings (SSSR count). The Hall–Kier alpha value is -3.32. The van der Waals surface area contributed by atoms with Crippen molar-refractivity contribution in [3.8, 4) is 11.5 Å². The molecule has 1 amide bonds. The fourth-order valence-electron chi connectivity index (χ4n) is 2.77. The molecule has 0 saturated heterocycles. The van der Waals surface area contributed by atoms with E-state index in [-0.39, 0.29) is 16.1 Å². The van der Waals surface area contributed by atoms with Crippen molar-refractivity contribution >= 4 is 21.6 Å². The van der Waals surface area contributed by atoms with Crippen molar-refractivity contribution in [1.29, 1.82) is 0 Å². The van der Waals surface area contributed by atoms with Crippen molar-refractivity contribution in [2.75, 3.05) is 18.5 Å². The van der Waals surface area contributed by atoms with E-state index in [0.717, 1.165) is 9.87 Å². The molecule has 3 aromatic rings. The number of carbonyl (C=O) groups excluding carboxylic acids is 1. The Balaban J connectivity index is 2.15. The van der Waals surface area contributed by atoms with E-state index >= 15 is 0 Å². The van der Waals surface area contributed by atoms with Crippen molar-refractivity contribution in [2.45, 2.75) is 11.8 Å². The molecule has 6 nitrogen and oxygen atoms in total. The Kier molecular flexibility index (Phi) is 5.89. The third kappa shape index (κ3) is 4.25. The van der Waals surface area contributed by atoms with Gasteiger partial charge in [0.15, 0.2) is 0 Å². The molecule has 0 atom stereocenters. The SMILES string of the molecule is COc1ccc(N(C(=O)c2cccc(OC)c2)S(=O)(=O)c2ccc(C)cc2)cc1. The minimum atomic E-state index is -4.16. The van der Waals surface area contributed by atoms with Crippen LogP contribution in [0.15, 0.2) is 77.7 Å². The zero-order valence-electron chi connectivity index (χ0n) is 16.3. The second-order valence-corrected chi connectivity index (χ2v) is 8.10. The summed E-state index contributed by atoms with van der Waals surface area (Å²) in [6, 6.07) is 19.0. The van der Waals surface area contributed by atoms with Gasteiger partial charge in [0.2, 0.25) is 0 Å². The van der Waals surface area contributed by atoms with Gasteiger partial charge in [0.1, 0.15) is 11.5 Å². The number of methoxy groups -OCH3 is 2. The Morgan fingerprint density at radius 2 is 1.45 bits per heavy atom. The summed E-state index contributed by atoms with van der Waals surface area (Å²) in [6.07, 6.45) is 0. The first-order valence-electron chi connectivity index (χ1n) is 8.81. The average molecular weight is 411 g/mol. The minimum absolute atomic E-state index is 0.0233. The van der Waals surface area contributed by atoms with Gasteiger partial charge in [-0.15, -0.1) is 0 Å².